The smallest absolute Gasteiger partial charge is 0.437 e. The predicted molar refractivity (Wildman–Crippen MR) is 204 cm³/mol. The Hall–Kier alpha value is -4.01. The van der Waals surface area contributed by atoms with Crippen LogP contribution in [0.25, 0.3) is 10.9 Å². The Morgan fingerprint density at radius 3 is 2.49 bits per heavy atom. The number of fused-ring (bicyclic) bond motifs is 5. The molecule has 0 radical (unpaired) electrons. The van der Waals surface area contributed by atoms with Gasteiger partial charge in [-0.25, -0.2) is 13.4 Å². The van der Waals surface area contributed by atoms with E-state index >= 15 is 0 Å². The fraction of sp³-hybridized carbons (Fsp3) is 0.643. The van der Waals surface area contributed by atoms with Crippen LogP contribution in [0.1, 0.15) is 122 Å². The van der Waals surface area contributed by atoms with Crippen molar-refractivity contribution in [1.29, 1.82) is 0 Å². The van der Waals surface area contributed by atoms with E-state index in [2.05, 4.69) is 9.71 Å². The first-order chi connectivity index (χ1) is 26.6. The lowest BCUT2D eigenvalue weighted by Gasteiger charge is -2.37. The van der Waals surface area contributed by atoms with Crippen LogP contribution < -0.4 is 9.46 Å². The molecule has 0 bridgehead atoms. The number of sulfonamides is 1. The number of carbonyl (C=O) groups excluding carboxylic acids is 4. The maximum Gasteiger partial charge on any atom is 0.437 e. The van der Waals surface area contributed by atoms with Gasteiger partial charge in [-0.2, -0.15) is 13.2 Å². The van der Waals surface area contributed by atoms with E-state index in [4.69, 9.17) is 9.47 Å². The van der Waals surface area contributed by atoms with Gasteiger partial charge in [0.15, 0.2) is 17.2 Å². The molecule has 2 amide bonds. The molecule has 57 heavy (non-hydrogen) atoms. The van der Waals surface area contributed by atoms with Gasteiger partial charge >= 0.3 is 12.1 Å². The van der Waals surface area contributed by atoms with Crippen molar-refractivity contribution in [3.8, 4) is 5.75 Å². The molecule has 3 aliphatic heterocycles. The highest BCUT2D eigenvalue weighted by molar-refractivity contribution is 7.91. The van der Waals surface area contributed by atoms with Crippen molar-refractivity contribution in [3.63, 3.8) is 0 Å². The van der Waals surface area contributed by atoms with E-state index in [0.717, 1.165) is 18.4 Å². The van der Waals surface area contributed by atoms with Gasteiger partial charge in [0.2, 0.25) is 21.8 Å². The summed E-state index contributed by atoms with van der Waals surface area (Å²) in [5, 5.41) is 0.529. The number of amides is 2. The molecule has 2 saturated carbocycles. The second-order valence-corrected chi connectivity index (χ2v) is 20.5. The molecule has 5 aliphatic rings. The Morgan fingerprint density at radius 1 is 1.07 bits per heavy atom. The second-order valence-electron chi connectivity index (χ2n) is 18.3. The molecule has 1 saturated heterocycles. The summed E-state index contributed by atoms with van der Waals surface area (Å²) >= 11 is 0. The maximum absolute atomic E-state index is 14.8. The van der Waals surface area contributed by atoms with Crippen molar-refractivity contribution in [3.05, 3.63) is 47.2 Å². The molecule has 11 nitrogen and oxygen atoms in total. The number of benzene rings is 1. The molecule has 1 spiro atoms. The van der Waals surface area contributed by atoms with E-state index < -0.39 is 96.9 Å². The van der Waals surface area contributed by atoms with Gasteiger partial charge in [0.05, 0.1) is 34.7 Å². The monoisotopic (exact) mass is 815 g/mol. The molecule has 3 fully saturated rings. The standard InChI is InChI=1S/C42H52F3N3O8S/c1-25-13-14-30-29(19-25)28-15-16-40(56-34(28)35(46-30)42(43,44)45)22-31-32(49)23-41(37(52)47-57(53,54)39(5)17-18-39)21-27(41)12-10-8-6-7-9-11-26(36(51)48(31)24-40)20-33(50)55-38(2,3)4/h10,12-14,19,26-27,31H,6-9,11,15-18,20-24H2,1-5H3,(H,47,52)/b12-10-/t26-,27-,31+,40-,41-/m1/s1. The van der Waals surface area contributed by atoms with E-state index in [9.17, 15) is 40.8 Å². The molecule has 310 valence electrons. The summed E-state index contributed by atoms with van der Waals surface area (Å²) in [7, 11) is -4.03. The lowest BCUT2D eigenvalue weighted by Crippen LogP contribution is -2.48. The predicted octanol–water partition coefficient (Wildman–Crippen LogP) is 7.06. The van der Waals surface area contributed by atoms with E-state index in [1.54, 1.807) is 45.9 Å². The number of Topliss-reactive ketones (excluding diaryl/α,β-unsaturated/α-hetero) is 1. The molecule has 1 N–H and O–H groups in total. The number of hydrogen-bond acceptors (Lipinski definition) is 9. The molecule has 2 aromatic rings. The van der Waals surface area contributed by atoms with Crippen LogP contribution in [0, 0.1) is 24.2 Å². The number of hydrogen-bond donors (Lipinski definition) is 1. The zero-order valence-electron chi connectivity index (χ0n) is 33.2. The number of rotatable bonds is 5. The number of aryl methyl sites for hydroxylation is 2. The third-order valence-corrected chi connectivity index (χ3v) is 14.7. The zero-order chi connectivity index (χ0) is 41.3. The van der Waals surface area contributed by atoms with Crippen LogP contribution in [0.4, 0.5) is 13.2 Å². The molecule has 4 heterocycles. The number of alkyl halides is 3. The molecule has 15 heteroatoms. The summed E-state index contributed by atoms with van der Waals surface area (Å²) in [5.74, 6) is -4.16. The first-order valence-corrected chi connectivity index (χ1v) is 21.5. The van der Waals surface area contributed by atoms with Crippen molar-refractivity contribution >= 4 is 44.5 Å². The minimum absolute atomic E-state index is 0.154. The van der Waals surface area contributed by atoms with Crippen LogP contribution in [0.15, 0.2) is 30.4 Å². The number of halogens is 3. The third kappa shape index (κ3) is 8.18. The normalized spacial score (nSPS) is 29.6. The molecule has 1 aromatic heterocycles. The highest BCUT2D eigenvalue weighted by Gasteiger charge is 2.63. The van der Waals surface area contributed by atoms with Crippen molar-refractivity contribution < 1.29 is 50.2 Å². The van der Waals surface area contributed by atoms with Crippen LogP contribution in [-0.2, 0) is 46.5 Å². The van der Waals surface area contributed by atoms with Gasteiger partial charge < -0.3 is 14.4 Å². The fourth-order valence-electron chi connectivity index (χ4n) is 8.89. The largest absolute Gasteiger partial charge is 0.483 e. The van der Waals surface area contributed by atoms with Gasteiger partial charge in [-0.3, -0.25) is 23.9 Å². The van der Waals surface area contributed by atoms with Crippen molar-refractivity contribution in [1.82, 2.24) is 14.6 Å². The van der Waals surface area contributed by atoms with E-state index in [0.29, 0.717) is 43.1 Å². The van der Waals surface area contributed by atoms with Crippen LogP contribution in [-0.4, -0.2) is 70.4 Å². The summed E-state index contributed by atoms with van der Waals surface area (Å²) in [6.07, 6.45) is 2.53. The number of ether oxygens (including phenoxy) is 2. The highest BCUT2D eigenvalue weighted by atomic mass is 32.2. The molecule has 1 aromatic carbocycles. The number of allylic oxidation sites excluding steroid dienone is 2. The fourth-order valence-corrected chi connectivity index (χ4v) is 10.2. The number of nitrogens with one attached hydrogen (secondary N) is 1. The van der Waals surface area contributed by atoms with Gasteiger partial charge in [-0.15, -0.1) is 0 Å². The summed E-state index contributed by atoms with van der Waals surface area (Å²) in [6.45, 7) is 8.32. The number of pyridine rings is 1. The van der Waals surface area contributed by atoms with E-state index in [-0.39, 0.29) is 44.2 Å². The van der Waals surface area contributed by atoms with Gasteiger partial charge in [-0.1, -0.05) is 36.6 Å². The quantitative estimate of drug-likeness (QED) is 0.247. The average molecular weight is 816 g/mol. The molecular weight excluding hydrogens is 764 g/mol. The second kappa shape index (κ2) is 14.4. The number of carbonyl (C=O) groups is 4. The average Bonchev–Trinajstić information content (AvgIpc) is 4.00. The topological polar surface area (TPSA) is 149 Å². The van der Waals surface area contributed by atoms with E-state index in [1.165, 1.54) is 4.90 Å². The lowest BCUT2D eigenvalue weighted by atomic mass is 9.85. The summed E-state index contributed by atoms with van der Waals surface area (Å²) in [5.41, 5.74) is -3.47. The zero-order valence-corrected chi connectivity index (χ0v) is 34.0. The van der Waals surface area contributed by atoms with Crippen molar-refractivity contribution in [2.24, 2.45) is 17.3 Å². The van der Waals surface area contributed by atoms with Crippen LogP contribution in [0.2, 0.25) is 0 Å². The Kier molecular flexibility index (Phi) is 10.4. The molecule has 7 rings (SSSR count). The summed E-state index contributed by atoms with van der Waals surface area (Å²) in [6, 6.07) is 3.78. The Bertz CT molecular complexity index is 2140. The molecule has 2 aliphatic carbocycles. The third-order valence-electron chi connectivity index (χ3n) is 12.6. The SMILES string of the molecule is Cc1ccc2nc(C(F)(F)F)c3c(c2c1)CC[C@]1(C[C@H]2C(=O)C[C@]4(C(=O)NS(=O)(=O)C5(C)CC5)C[C@H]4/C=C\CCCCC[C@H](CC(=O)OC(C)(C)C)C(=O)N2C1)O3. The first-order valence-electron chi connectivity index (χ1n) is 20.0. The Labute approximate surface area is 331 Å². The number of ketones is 1. The van der Waals surface area contributed by atoms with Gasteiger partial charge in [0.1, 0.15) is 11.2 Å². The minimum Gasteiger partial charge on any atom is -0.483 e. The number of nitrogens with zero attached hydrogens (tertiary/aromatic N) is 2. The molecule has 5 atom stereocenters. The van der Waals surface area contributed by atoms with Crippen LogP contribution in [0.3, 0.4) is 0 Å². The molecule has 0 unspecified atom stereocenters. The van der Waals surface area contributed by atoms with Crippen molar-refractivity contribution in [2.75, 3.05) is 6.54 Å². The van der Waals surface area contributed by atoms with Gasteiger partial charge in [0.25, 0.3) is 0 Å². The summed E-state index contributed by atoms with van der Waals surface area (Å²) < 4.78 is 83.8. The van der Waals surface area contributed by atoms with Crippen LogP contribution in [0.5, 0.6) is 5.75 Å². The summed E-state index contributed by atoms with van der Waals surface area (Å²) in [4.78, 5) is 62.0. The maximum atomic E-state index is 14.8. The molecular formula is C42H52F3N3O8S. The highest BCUT2D eigenvalue weighted by Crippen LogP contribution is 2.58. The Morgan fingerprint density at radius 2 is 1.81 bits per heavy atom. The minimum atomic E-state index is -4.87. The Balaban J connectivity index is 1.27. The van der Waals surface area contributed by atoms with E-state index in [1.807, 2.05) is 19.1 Å². The lowest BCUT2D eigenvalue weighted by molar-refractivity contribution is -0.159. The van der Waals surface area contributed by atoms with Gasteiger partial charge in [-0.05, 0) is 104 Å². The number of aromatic nitrogens is 1. The number of esters is 1. The van der Waals surface area contributed by atoms with Crippen LogP contribution >= 0.6 is 0 Å². The van der Waals surface area contributed by atoms with Gasteiger partial charge in [0, 0.05) is 29.7 Å². The van der Waals surface area contributed by atoms with Crippen molar-refractivity contribution in [2.45, 2.75) is 146 Å². The first kappa shape index (κ1) is 41.2.